The molecule has 1 aromatic carbocycles. The summed E-state index contributed by atoms with van der Waals surface area (Å²) >= 11 is 0. The van der Waals surface area contributed by atoms with Gasteiger partial charge < -0.3 is 15.2 Å². The zero-order valence-corrected chi connectivity index (χ0v) is 9.87. The maximum atomic E-state index is 10.9. The van der Waals surface area contributed by atoms with Crippen LogP contribution in [0.25, 0.3) is 0 Å². The quantitative estimate of drug-likeness (QED) is 0.732. The number of ether oxygens (including phenoxy) is 2. The van der Waals surface area contributed by atoms with Crippen molar-refractivity contribution in [2.24, 2.45) is 5.14 Å². The fourth-order valence-corrected chi connectivity index (χ4v) is 2.00. The van der Waals surface area contributed by atoms with Gasteiger partial charge in [0.1, 0.15) is 0 Å². The number of nitrogens with two attached hydrogens (primary N) is 2. The Kier molecular flexibility index (Phi) is 3.61. The zero-order chi connectivity index (χ0) is 12.3. The van der Waals surface area contributed by atoms with Crippen molar-refractivity contribution in [3.8, 4) is 11.5 Å². The van der Waals surface area contributed by atoms with E-state index in [9.17, 15) is 8.42 Å². The second-order valence-corrected chi connectivity index (χ2v) is 4.84. The first-order valence-electron chi connectivity index (χ1n) is 4.38. The molecule has 0 saturated heterocycles. The summed E-state index contributed by atoms with van der Waals surface area (Å²) in [6.45, 7) is 0. The van der Waals surface area contributed by atoms with Gasteiger partial charge in [-0.15, -0.1) is 0 Å². The highest BCUT2D eigenvalue weighted by Crippen LogP contribution is 2.34. The Morgan fingerprint density at radius 3 is 2.31 bits per heavy atom. The molecule has 0 aromatic heterocycles. The molecule has 0 fully saturated rings. The van der Waals surface area contributed by atoms with E-state index in [1.165, 1.54) is 26.4 Å². The van der Waals surface area contributed by atoms with Gasteiger partial charge in [-0.25, -0.2) is 13.6 Å². The molecule has 0 atom stereocenters. The van der Waals surface area contributed by atoms with Gasteiger partial charge in [0, 0.05) is 0 Å². The van der Waals surface area contributed by atoms with Gasteiger partial charge in [-0.1, -0.05) is 0 Å². The van der Waals surface area contributed by atoms with Crippen LogP contribution >= 0.6 is 0 Å². The molecule has 0 saturated carbocycles. The molecule has 6 nitrogen and oxygen atoms in total. The predicted molar refractivity (Wildman–Crippen MR) is 60.8 cm³/mol. The maximum Gasteiger partial charge on any atom is 0.213 e. The largest absolute Gasteiger partial charge is 0.493 e. The number of benzene rings is 1. The van der Waals surface area contributed by atoms with E-state index in [2.05, 4.69) is 0 Å². The van der Waals surface area contributed by atoms with Crippen molar-refractivity contribution in [2.45, 2.75) is 5.75 Å². The number of hydrogen-bond donors (Lipinski definition) is 2. The number of rotatable bonds is 4. The average molecular weight is 246 g/mol. The summed E-state index contributed by atoms with van der Waals surface area (Å²) in [5.41, 5.74) is 6.45. The minimum Gasteiger partial charge on any atom is -0.493 e. The fraction of sp³-hybridized carbons (Fsp3) is 0.333. The van der Waals surface area contributed by atoms with Gasteiger partial charge in [-0.3, -0.25) is 0 Å². The van der Waals surface area contributed by atoms with Crippen LogP contribution in [0.4, 0.5) is 5.69 Å². The summed E-state index contributed by atoms with van der Waals surface area (Å²) < 4.78 is 31.9. The Hall–Kier alpha value is -1.47. The van der Waals surface area contributed by atoms with E-state index in [4.69, 9.17) is 20.3 Å². The van der Waals surface area contributed by atoms with Crippen LogP contribution in [0.5, 0.6) is 11.5 Å². The Balaban J connectivity index is 3.20. The van der Waals surface area contributed by atoms with Crippen LogP contribution < -0.4 is 20.3 Å². The van der Waals surface area contributed by atoms with Crippen molar-refractivity contribution < 1.29 is 17.9 Å². The molecule has 16 heavy (non-hydrogen) atoms. The van der Waals surface area contributed by atoms with Crippen molar-refractivity contribution in [1.82, 2.24) is 0 Å². The predicted octanol–water partition coefficient (Wildman–Crippen LogP) is 0.0745. The zero-order valence-electron chi connectivity index (χ0n) is 9.06. The van der Waals surface area contributed by atoms with E-state index in [0.29, 0.717) is 22.7 Å². The van der Waals surface area contributed by atoms with Crippen LogP contribution in [-0.2, 0) is 15.8 Å². The third kappa shape index (κ3) is 3.01. The van der Waals surface area contributed by atoms with E-state index in [0.717, 1.165) is 0 Å². The Morgan fingerprint density at radius 2 is 1.88 bits per heavy atom. The van der Waals surface area contributed by atoms with Gasteiger partial charge in [-0.2, -0.15) is 0 Å². The SMILES string of the molecule is COc1cc(CS(N)(=O)=O)cc(N)c1OC. The molecule has 0 bridgehead atoms. The summed E-state index contributed by atoms with van der Waals surface area (Å²) in [7, 11) is -0.696. The van der Waals surface area contributed by atoms with Crippen LogP contribution in [0.2, 0.25) is 0 Å². The van der Waals surface area contributed by atoms with E-state index in [-0.39, 0.29) is 5.75 Å². The lowest BCUT2D eigenvalue weighted by Gasteiger charge is -2.11. The van der Waals surface area contributed by atoms with Crippen molar-refractivity contribution in [2.75, 3.05) is 20.0 Å². The molecule has 0 amide bonds. The van der Waals surface area contributed by atoms with Crippen LogP contribution in [0.3, 0.4) is 0 Å². The maximum absolute atomic E-state index is 10.9. The molecular weight excluding hydrogens is 232 g/mol. The molecule has 1 aromatic rings. The van der Waals surface area contributed by atoms with Crippen LogP contribution in [0.1, 0.15) is 5.56 Å². The first-order chi connectivity index (χ1) is 7.37. The second-order valence-electron chi connectivity index (χ2n) is 3.23. The average Bonchev–Trinajstić information content (AvgIpc) is 2.14. The number of nitrogen functional groups attached to an aromatic ring is 1. The van der Waals surface area contributed by atoms with E-state index >= 15 is 0 Å². The number of methoxy groups -OCH3 is 2. The molecule has 0 spiro atoms. The molecular formula is C9H14N2O4S. The summed E-state index contributed by atoms with van der Waals surface area (Å²) in [5, 5.41) is 4.94. The minimum atomic E-state index is -3.59. The number of primary sulfonamides is 1. The lowest BCUT2D eigenvalue weighted by atomic mass is 10.2. The third-order valence-electron chi connectivity index (χ3n) is 1.94. The highest BCUT2D eigenvalue weighted by Gasteiger charge is 2.13. The first kappa shape index (κ1) is 12.6. The van der Waals surface area contributed by atoms with Crippen molar-refractivity contribution >= 4 is 15.7 Å². The Labute approximate surface area is 94.2 Å². The van der Waals surface area contributed by atoms with Gasteiger partial charge in [0.25, 0.3) is 0 Å². The van der Waals surface area contributed by atoms with Crippen molar-refractivity contribution in [3.05, 3.63) is 17.7 Å². The van der Waals surface area contributed by atoms with Crippen LogP contribution in [0.15, 0.2) is 12.1 Å². The monoisotopic (exact) mass is 246 g/mol. The molecule has 0 heterocycles. The molecule has 0 aliphatic heterocycles. The van der Waals surface area contributed by atoms with Gasteiger partial charge in [0.05, 0.1) is 25.7 Å². The van der Waals surface area contributed by atoms with E-state index in [1.807, 2.05) is 0 Å². The van der Waals surface area contributed by atoms with Gasteiger partial charge in [-0.05, 0) is 17.7 Å². The number of sulfonamides is 1. The summed E-state index contributed by atoms with van der Waals surface area (Å²) in [6, 6.07) is 3.02. The van der Waals surface area contributed by atoms with E-state index < -0.39 is 10.0 Å². The molecule has 7 heteroatoms. The normalized spacial score (nSPS) is 11.2. The van der Waals surface area contributed by atoms with Crippen LogP contribution in [0, 0.1) is 0 Å². The lowest BCUT2D eigenvalue weighted by Crippen LogP contribution is -2.14. The topological polar surface area (TPSA) is 105 Å². The summed E-state index contributed by atoms with van der Waals surface area (Å²) in [6.07, 6.45) is 0. The lowest BCUT2D eigenvalue weighted by molar-refractivity contribution is 0.356. The standard InChI is InChI=1S/C9H14N2O4S/c1-14-8-4-6(5-16(11,12)13)3-7(10)9(8)15-2/h3-4H,5,10H2,1-2H3,(H2,11,12,13). The highest BCUT2D eigenvalue weighted by molar-refractivity contribution is 7.88. The molecule has 0 aliphatic carbocycles. The van der Waals surface area contributed by atoms with Crippen LogP contribution in [-0.4, -0.2) is 22.6 Å². The minimum absolute atomic E-state index is 0.294. The summed E-state index contributed by atoms with van der Waals surface area (Å²) in [5.74, 6) is 0.458. The van der Waals surface area contributed by atoms with Gasteiger partial charge >= 0.3 is 0 Å². The Morgan fingerprint density at radius 1 is 1.25 bits per heavy atom. The second kappa shape index (κ2) is 4.58. The molecule has 90 valence electrons. The summed E-state index contributed by atoms with van der Waals surface area (Å²) in [4.78, 5) is 0. The number of hydrogen-bond acceptors (Lipinski definition) is 5. The fourth-order valence-electron chi connectivity index (χ4n) is 1.37. The molecule has 0 unspecified atom stereocenters. The highest BCUT2D eigenvalue weighted by atomic mass is 32.2. The Bertz CT molecular complexity index is 485. The first-order valence-corrected chi connectivity index (χ1v) is 6.09. The molecule has 0 radical (unpaired) electrons. The van der Waals surface area contributed by atoms with E-state index in [1.54, 1.807) is 0 Å². The third-order valence-corrected chi connectivity index (χ3v) is 2.67. The van der Waals surface area contributed by atoms with Gasteiger partial charge in [0.2, 0.25) is 10.0 Å². The smallest absolute Gasteiger partial charge is 0.213 e. The molecule has 1 rings (SSSR count). The van der Waals surface area contributed by atoms with Crippen molar-refractivity contribution in [3.63, 3.8) is 0 Å². The molecule has 0 aliphatic rings. The van der Waals surface area contributed by atoms with Gasteiger partial charge in [0.15, 0.2) is 11.5 Å². The van der Waals surface area contributed by atoms with Crippen molar-refractivity contribution in [1.29, 1.82) is 0 Å². The number of anilines is 1. The molecule has 4 N–H and O–H groups in total.